The maximum atomic E-state index is 4.43. The lowest BCUT2D eigenvalue weighted by molar-refractivity contribution is 0.363. The van der Waals surface area contributed by atoms with E-state index in [2.05, 4.69) is 42.0 Å². The number of aromatic nitrogens is 1. The van der Waals surface area contributed by atoms with Crippen LogP contribution in [0, 0.1) is 12.8 Å². The van der Waals surface area contributed by atoms with Gasteiger partial charge in [-0.2, -0.15) is 0 Å². The first-order valence-corrected chi connectivity index (χ1v) is 7.00. The molecule has 0 amide bonds. The van der Waals surface area contributed by atoms with Crippen LogP contribution < -0.4 is 10.2 Å². The molecule has 1 aromatic rings. The van der Waals surface area contributed by atoms with E-state index in [4.69, 9.17) is 0 Å². The number of rotatable bonds is 3. The third-order valence-corrected chi connectivity index (χ3v) is 4.15. The van der Waals surface area contributed by atoms with E-state index in [1.54, 1.807) is 0 Å². The molecule has 3 nitrogen and oxygen atoms in total. The van der Waals surface area contributed by atoms with Crippen molar-refractivity contribution < 1.29 is 0 Å². The van der Waals surface area contributed by atoms with Gasteiger partial charge in [0.1, 0.15) is 0 Å². The molecule has 2 unspecified atom stereocenters. The van der Waals surface area contributed by atoms with Crippen molar-refractivity contribution in [2.24, 2.45) is 5.92 Å². The summed E-state index contributed by atoms with van der Waals surface area (Å²) >= 11 is 0. The van der Waals surface area contributed by atoms with Gasteiger partial charge in [-0.05, 0) is 45.7 Å². The molecule has 0 aromatic carbocycles. The van der Waals surface area contributed by atoms with E-state index in [1.165, 1.54) is 30.6 Å². The van der Waals surface area contributed by atoms with Crippen molar-refractivity contribution in [2.75, 3.05) is 18.5 Å². The Bertz CT molecular complexity index is 403. The van der Waals surface area contributed by atoms with Gasteiger partial charge >= 0.3 is 0 Å². The van der Waals surface area contributed by atoms with E-state index >= 15 is 0 Å². The monoisotopic (exact) mass is 247 g/mol. The largest absolute Gasteiger partial charge is 0.368 e. The van der Waals surface area contributed by atoms with Gasteiger partial charge in [0.2, 0.25) is 0 Å². The zero-order valence-corrected chi connectivity index (χ0v) is 12.0. The summed E-state index contributed by atoms with van der Waals surface area (Å²) in [7, 11) is 1.99. The average molecular weight is 247 g/mol. The van der Waals surface area contributed by atoms with Crippen LogP contribution in [-0.2, 0) is 6.54 Å². The lowest BCUT2D eigenvalue weighted by Gasteiger charge is -2.40. The van der Waals surface area contributed by atoms with Crippen molar-refractivity contribution in [1.29, 1.82) is 0 Å². The van der Waals surface area contributed by atoms with Gasteiger partial charge in [0.05, 0.1) is 0 Å². The summed E-state index contributed by atoms with van der Waals surface area (Å²) in [5.41, 5.74) is 3.79. The number of piperidine rings is 1. The van der Waals surface area contributed by atoms with Gasteiger partial charge in [-0.1, -0.05) is 6.92 Å². The fourth-order valence-corrected chi connectivity index (χ4v) is 2.84. The standard InChI is InChI=1S/C15H25N3/c1-11-6-5-7-18(13(11)3)15-8-12(2)17-10-14(15)9-16-4/h8,10-11,13,16H,5-7,9H2,1-4H3. The third kappa shape index (κ3) is 2.66. The van der Waals surface area contributed by atoms with Gasteiger partial charge in [0.25, 0.3) is 0 Å². The Hall–Kier alpha value is -1.09. The second-order valence-electron chi connectivity index (χ2n) is 5.54. The van der Waals surface area contributed by atoms with Crippen LogP contribution in [0.4, 0.5) is 5.69 Å². The van der Waals surface area contributed by atoms with Crippen LogP contribution in [0.1, 0.15) is 37.9 Å². The lowest BCUT2D eigenvalue weighted by atomic mass is 9.91. The van der Waals surface area contributed by atoms with Crippen molar-refractivity contribution >= 4 is 5.69 Å². The van der Waals surface area contributed by atoms with Crippen molar-refractivity contribution in [3.63, 3.8) is 0 Å². The molecular weight excluding hydrogens is 222 g/mol. The van der Waals surface area contributed by atoms with Crippen molar-refractivity contribution in [3.05, 3.63) is 23.5 Å². The summed E-state index contributed by atoms with van der Waals surface area (Å²) < 4.78 is 0. The summed E-state index contributed by atoms with van der Waals surface area (Å²) in [5, 5.41) is 3.24. The molecule has 3 heteroatoms. The molecule has 1 N–H and O–H groups in total. The van der Waals surface area contributed by atoms with Crippen LogP contribution in [0.5, 0.6) is 0 Å². The quantitative estimate of drug-likeness (QED) is 0.890. The minimum atomic E-state index is 0.621. The van der Waals surface area contributed by atoms with Gasteiger partial charge in [-0.25, -0.2) is 0 Å². The molecule has 0 bridgehead atoms. The van der Waals surface area contributed by atoms with Gasteiger partial charge in [0.15, 0.2) is 0 Å². The number of hydrogen-bond donors (Lipinski definition) is 1. The highest BCUT2D eigenvalue weighted by Crippen LogP contribution is 2.30. The van der Waals surface area contributed by atoms with Gasteiger partial charge < -0.3 is 10.2 Å². The lowest BCUT2D eigenvalue weighted by Crippen LogP contribution is -2.43. The van der Waals surface area contributed by atoms with E-state index < -0.39 is 0 Å². The van der Waals surface area contributed by atoms with E-state index in [9.17, 15) is 0 Å². The van der Waals surface area contributed by atoms with Crippen LogP contribution in [0.2, 0.25) is 0 Å². The molecule has 0 aliphatic carbocycles. The summed E-state index contributed by atoms with van der Waals surface area (Å²) in [4.78, 5) is 7.00. The molecule has 100 valence electrons. The first-order chi connectivity index (χ1) is 8.63. The Morgan fingerprint density at radius 2 is 2.22 bits per heavy atom. The molecule has 18 heavy (non-hydrogen) atoms. The Labute approximate surface area is 111 Å². The molecule has 2 atom stereocenters. The maximum absolute atomic E-state index is 4.43. The number of hydrogen-bond acceptors (Lipinski definition) is 3. The van der Waals surface area contributed by atoms with E-state index in [1.807, 2.05) is 13.2 Å². The molecule has 1 saturated heterocycles. The fourth-order valence-electron chi connectivity index (χ4n) is 2.84. The Kier molecular flexibility index (Phi) is 4.23. The Morgan fingerprint density at radius 3 is 2.94 bits per heavy atom. The minimum absolute atomic E-state index is 0.621. The summed E-state index contributed by atoms with van der Waals surface area (Å²) in [6.45, 7) is 8.85. The van der Waals surface area contributed by atoms with E-state index in [-0.39, 0.29) is 0 Å². The number of nitrogens with zero attached hydrogens (tertiary/aromatic N) is 2. The number of pyridine rings is 1. The normalized spacial score (nSPS) is 24.3. The molecule has 1 fully saturated rings. The number of aryl methyl sites for hydroxylation is 1. The highest BCUT2D eigenvalue weighted by atomic mass is 15.2. The first kappa shape index (κ1) is 13.3. The minimum Gasteiger partial charge on any atom is -0.368 e. The predicted octanol–water partition coefficient (Wildman–Crippen LogP) is 2.73. The second kappa shape index (κ2) is 5.70. The molecule has 1 aromatic heterocycles. The van der Waals surface area contributed by atoms with Gasteiger partial charge in [-0.3, -0.25) is 4.98 Å². The van der Waals surface area contributed by atoms with E-state index in [0.717, 1.165) is 18.2 Å². The Balaban J connectivity index is 2.32. The van der Waals surface area contributed by atoms with Crippen LogP contribution in [-0.4, -0.2) is 24.6 Å². The molecule has 0 saturated carbocycles. The average Bonchev–Trinajstić information content (AvgIpc) is 2.35. The molecule has 0 spiro atoms. The molecule has 2 rings (SSSR count). The van der Waals surface area contributed by atoms with Crippen molar-refractivity contribution in [1.82, 2.24) is 10.3 Å². The van der Waals surface area contributed by atoms with Crippen LogP contribution in [0.3, 0.4) is 0 Å². The van der Waals surface area contributed by atoms with Crippen LogP contribution >= 0.6 is 0 Å². The maximum Gasteiger partial charge on any atom is 0.0448 e. The molecular formula is C15H25N3. The zero-order chi connectivity index (χ0) is 13.1. The van der Waals surface area contributed by atoms with Crippen molar-refractivity contribution in [2.45, 2.75) is 46.2 Å². The first-order valence-electron chi connectivity index (χ1n) is 7.00. The summed E-state index contributed by atoms with van der Waals surface area (Å²) in [5.74, 6) is 0.773. The van der Waals surface area contributed by atoms with E-state index in [0.29, 0.717) is 6.04 Å². The van der Waals surface area contributed by atoms with Crippen molar-refractivity contribution in [3.8, 4) is 0 Å². The fraction of sp³-hybridized carbons (Fsp3) is 0.667. The second-order valence-corrected chi connectivity index (χ2v) is 5.54. The third-order valence-electron chi connectivity index (χ3n) is 4.15. The van der Waals surface area contributed by atoms with Gasteiger partial charge in [-0.15, -0.1) is 0 Å². The SMILES string of the molecule is CNCc1cnc(C)cc1N1CCCC(C)C1C. The van der Waals surface area contributed by atoms with Gasteiger partial charge in [0, 0.05) is 42.3 Å². The zero-order valence-electron chi connectivity index (χ0n) is 12.0. The van der Waals surface area contributed by atoms with Crippen LogP contribution in [0.15, 0.2) is 12.3 Å². The molecule has 1 aliphatic rings. The topological polar surface area (TPSA) is 28.2 Å². The summed E-state index contributed by atoms with van der Waals surface area (Å²) in [6.07, 6.45) is 4.67. The van der Waals surface area contributed by atoms with Crippen LogP contribution in [0.25, 0.3) is 0 Å². The Morgan fingerprint density at radius 1 is 1.44 bits per heavy atom. The molecule has 0 radical (unpaired) electrons. The summed E-state index contributed by atoms with van der Waals surface area (Å²) in [6, 6.07) is 2.86. The number of nitrogens with one attached hydrogen (secondary N) is 1. The molecule has 2 heterocycles. The predicted molar refractivity (Wildman–Crippen MR) is 76.9 cm³/mol. The highest BCUT2D eigenvalue weighted by Gasteiger charge is 2.26. The number of anilines is 1. The highest BCUT2D eigenvalue weighted by molar-refractivity contribution is 5.54. The molecule has 1 aliphatic heterocycles. The smallest absolute Gasteiger partial charge is 0.0448 e.